The second-order valence-corrected chi connectivity index (χ2v) is 5.80. The third kappa shape index (κ3) is 5.92. The van der Waals surface area contributed by atoms with Crippen molar-refractivity contribution in [3.05, 3.63) is 35.4 Å². The molecule has 0 aliphatic rings. The van der Waals surface area contributed by atoms with Gasteiger partial charge in [0.15, 0.2) is 0 Å². The topological polar surface area (TPSA) is 12.0 Å². The molecule has 90 valence electrons. The molecule has 0 aromatic heterocycles. The molecule has 0 radical (unpaired) electrons. The van der Waals surface area contributed by atoms with Gasteiger partial charge in [-0.25, -0.2) is 0 Å². The molecule has 0 saturated heterocycles. The predicted octanol–water partition coefficient (Wildman–Crippen LogP) is 3.56. The first-order chi connectivity index (χ1) is 7.47. The van der Waals surface area contributed by atoms with Crippen LogP contribution in [0.15, 0.2) is 24.3 Å². The molecule has 1 aromatic rings. The van der Waals surface area contributed by atoms with Crippen molar-refractivity contribution >= 4 is 0 Å². The average molecular weight is 219 g/mol. The first kappa shape index (κ1) is 13.2. The van der Waals surface area contributed by atoms with Gasteiger partial charge in [0.1, 0.15) is 0 Å². The molecule has 0 amide bonds. The molecule has 1 N–H and O–H groups in total. The molecule has 0 aliphatic heterocycles. The Labute approximate surface area is 100 Å². The quantitative estimate of drug-likeness (QED) is 0.747. The van der Waals surface area contributed by atoms with Gasteiger partial charge in [-0.3, -0.25) is 0 Å². The van der Waals surface area contributed by atoms with Crippen LogP contribution in [0.25, 0.3) is 0 Å². The van der Waals surface area contributed by atoms with Crippen LogP contribution in [0.4, 0.5) is 0 Å². The number of hydrogen-bond donors (Lipinski definition) is 1. The SMILES string of the molecule is Cc1cccc(CCNCCC(C)(C)C)c1. The summed E-state index contributed by atoms with van der Waals surface area (Å²) in [7, 11) is 0. The monoisotopic (exact) mass is 219 g/mol. The van der Waals surface area contributed by atoms with Gasteiger partial charge < -0.3 is 5.32 Å². The highest BCUT2D eigenvalue weighted by Crippen LogP contribution is 2.16. The zero-order valence-electron chi connectivity index (χ0n) is 11.1. The van der Waals surface area contributed by atoms with Gasteiger partial charge >= 0.3 is 0 Å². The van der Waals surface area contributed by atoms with E-state index in [4.69, 9.17) is 0 Å². The van der Waals surface area contributed by atoms with Gasteiger partial charge in [-0.2, -0.15) is 0 Å². The zero-order chi connectivity index (χ0) is 12.0. The lowest BCUT2D eigenvalue weighted by atomic mass is 9.92. The minimum Gasteiger partial charge on any atom is -0.316 e. The number of hydrogen-bond acceptors (Lipinski definition) is 1. The first-order valence-corrected chi connectivity index (χ1v) is 6.24. The molecule has 0 unspecified atom stereocenters. The van der Waals surface area contributed by atoms with Crippen LogP contribution in [-0.4, -0.2) is 13.1 Å². The summed E-state index contributed by atoms with van der Waals surface area (Å²) in [5, 5.41) is 3.51. The molecule has 0 atom stereocenters. The molecule has 0 fully saturated rings. The molecule has 16 heavy (non-hydrogen) atoms. The highest BCUT2D eigenvalue weighted by Gasteiger charge is 2.08. The van der Waals surface area contributed by atoms with Crippen molar-refractivity contribution in [2.75, 3.05) is 13.1 Å². The van der Waals surface area contributed by atoms with Gasteiger partial charge in [-0.05, 0) is 43.8 Å². The maximum Gasteiger partial charge on any atom is -0.000835 e. The highest BCUT2D eigenvalue weighted by atomic mass is 14.8. The molecule has 1 aromatic carbocycles. The van der Waals surface area contributed by atoms with E-state index in [1.54, 1.807) is 0 Å². The summed E-state index contributed by atoms with van der Waals surface area (Å²) in [6, 6.07) is 8.76. The fraction of sp³-hybridized carbons (Fsp3) is 0.600. The maximum absolute atomic E-state index is 3.51. The highest BCUT2D eigenvalue weighted by molar-refractivity contribution is 5.22. The summed E-state index contributed by atoms with van der Waals surface area (Å²) < 4.78 is 0. The summed E-state index contributed by atoms with van der Waals surface area (Å²) in [4.78, 5) is 0. The predicted molar refractivity (Wildman–Crippen MR) is 71.8 cm³/mol. The van der Waals surface area contributed by atoms with Gasteiger partial charge in [0.2, 0.25) is 0 Å². The molecule has 1 heteroatoms. The van der Waals surface area contributed by atoms with Crippen molar-refractivity contribution in [2.45, 2.75) is 40.5 Å². The van der Waals surface area contributed by atoms with Gasteiger partial charge in [0, 0.05) is 0 Å². The van der Waals surface area contributed by atoms with E-state index in [-0.39, 0.29) is 0 Å². The second kappa shape index (κ2) is 6.05. The lowest BCUT2D eigenvalue weighted by Crippen LogP contribution is -2.22. The minimum atomic E-state index is 0.441. The molecule has 1 nitrogen and oxygen atoms in total. The molecule has 1 rings (SSSR count). The molecular weight excluding hydrogens is 194 g/mol. The van der Waals surface area contributed by atoms with Crippen molar-refractivity contribution < 1.29 is 0 Å². The molecule has 0 aliphatic carbocycles. The summed E-state index contributed by atoms with van der Waals surface area (Å²) in [6.07, 6.45) is 2.37. The van der Waals surface area contributed by atoms with E-state index in [1.807, 2.05) is 0 Å². The van der Waals surface area contributed by atoms with E-state index in [0.717, 1.165) is 19.5 Å². The van der Waals surface area contributed by atoms with E-state index < -0.39 is 0 Å². The largest absolute Gasteiger partial charge is 0.316 e. The second-order valence-electron chi connectivity index (χ2n) is 5.80. The summed E-state index contributed by atoms with van der Waals surface area (Å²) in [5.74, 6) is 0. The Kier molecular flexibility index (Phi) is 5.01. The first-order valence-electron chi connectivity index (χ1n) is 6.24. The van der Waals surface area contributed by atoms with Crippen molar-refractivity contribution in [3.8, 4) is 0 Å². The van der Waals surface area contributed by atoms with Crippen molar-refractivity contribution in [1.29, 1.82) is 0 Å². The van der Waals surface area contributed by atoms with Crippen LogP contribution in [0, 0.1) is 12.3 Å². The fourth-order valence-electron chi connectivity index (χ4n) is 1.69. The Hall–Kier alpha value is -0.820. The Morgan fingerprint density at radius 2 is 1.88 bits per heavy atom. The van der Waals surface area contributed by atoms with Crippen LogP contribution in [0.5, 0.6) is 0 Å². The normalized spacial score (nSPS) is 11.8. The van der Waals surface area contributed by atoms with E-state index in [9.17, 15) is 0 Å². The fourth-order valence-corrected chi connectivity index (χ4v) is 1.69. The number of rotatable bonds is 5. The van der Waals surface area contributed by atoms with Crippen molar-refractivity contribution in [1.82, 2.24) is 5.32 Å². The van der Waals surface area contributed by atoms with E-state index >= 15 is 0 Å². The van der Waals surface area contributed by atoms with Gasteiger partial charge in [-0.1, -0.05) is 50.6 Å². The van der Waals surface area contributed by atoms with Gasteiger partial charge in [0.25, 0.3) is 0 Å². The average Bonchev–Trinajstić information content (AvgIpc) is 2.15. The van der Waals surface area contributed by atoms with Crippen LogP contribution in [0.2, 0.25) is 0 Å². The van der Waals surface area contributed by atoms with Crippen molar-refractivity contribution in [2.24, 2.45) is 5.41 Å². The molecule has 0 saturated carbocycles. The van der Waals surface area contributed by atoms with Crippen LogP contribution in [-0.2, 0) is 6.42 Å². The summed E-state index contributed by atoms with van der Waals surface area (Å²) in [5.41, 5.74) is 3.23. The standard InChI is InChI=1S/C15H25N/c1-13-6-5-7-14(12-13)8-10-16-11-9-15(2,3)4/h5-7,12,16H,8-11H2,1-4H3. The molecule has 0 spiro atoms. The summed E-state index contributed by atoms with van der Waals surface area (Å²) in [6.45, 7) is 11.2. The van der Waals surface area contributed by atoms with Crippen molar-refractivity contribution in [3.63, 3.8) is 0 Å². The number of benzene rings is 1. The minimum absolute atomic E-state index is 0.441. The van der Waals surface area contributed by atoms with Crippen LogP contribution in [0.3, 0.4) is 0 Å². The lowest BCUT2D eigenvalue weighted by molar-refractivity contribution is 0.368. The molecule has 0 bridgehead atoms. The smallest absolute Gasteiger partial charge is 0.000835 e. The van der Waals surface area contributed by atoms with Crippen LogP contribution in [0.1, 0.15) is 38.3 Å². The maximum atomic E-state index is 3.51. The molecule has 0 heterocycles. The van der Waals surface area contributed by atoms with Crippen LogP contribution < -0.4 is 5.32 Å². The van der Waals surface area contributed by atoms with E-state index in [1.165, 1.54) is 17.5 Å². The van der Waals surface area contributed by atoms with Gasteiger partial charge in [0.05, 0.1) is 0 Å². The van der Waals surface area contributed by atoms with E-state index in [2.05, 4.69) is 57.3 Å². The lowest BCUT2D eigenvalue weighted by Gasteiger charge is -2.18. The Morgan fingerprint density at radius 1 is 1.12 bits per heavy atom. The zero-order valence-corrected chi connectivity index (χ0v) is 11.1. The third-order valence-electron chi connectivity index (χ3n) is 2.72. The Balaban J connectivity index is 2.17. The number of nitrogens with one attached hydrogen (secondary N) is 1. The van der Waals surface area contributed by atoms with Gasteiger partial charge in [-0.15, -0.1) is 0 Å². The van der Waals surface area contributed by atoms with Crippen LogP contribution >= 0.6 is 0 Å². The molecular formula is C15H25N. The summed E-state index contributed by atoms with van der Waals surface area (Å²) >= 11 is 0. The Morgan fingerprint density at radius 3 is 2.50 bits per heavy atom. The number of aryl methyl sites for hydroxylation is 1. The third-order valence-corrected chi connectivity index (χ3v) is 2.72. The Bertz CT molecular complexity index is 309. The van der Waals surface area contributed by atoms with E-state index in [0.29, 0.717) is 5.41 Å².